The molecule has 36 heavy (non-hydrogen) atoms. The van der Waals surface area contributed by atoms with Gasteiger partial charge in [0.05, 0.1) is 16.4 Å². The van der Waals surface area contributed by atoms with Crippen molar-refractivity contribution in [1.29, 1.82) is 0 Å². The van der Waals surface area contributed by atoms with Gasteiger partial charge in [-0.2, -0.15) is 0 Å². The van der Waals surface area contributed by atoms with Crippen LogP contribution < -0.4 is 9.96 Å². The number of fused-ring (bicyclic) bond motifs is 1. The van der Waals surface area contributed by atoms with Gasteiger partial charge in [0.25, 0.3) is 5.91 Å². The molecule has 6 nitrogen and oxygen atoms in total. The summed E-state index contributed by atoms with van der Waals surface area (Å²) in [5.74, 6) is -0.571. The topological polar surface area (TPSA) is 63.0 Å². The average Bonchev–Trinajstić information content (AvgIpc) is 3.56. The van der Waals surface area contributed by atoms with Gasteiger partial charge < -0.3 is 4.42 Å². The zero-order chi connectivity index (χ0) is 25.0. The summed E-state index contributed by atoms with van der Waals surface area (Å²) in [7, 11) is 0. The highest BCUT2D eigenvalue weighted by molar-refractivity contribution is 9.10. The van der Waals surface area contributed by atoms with Crippen LogP contribution >= 0.6 is 39.1 Å². The van der Waals surface area contributed by atoms with Crippen LogP contribution in [0.3, 0.4) is 0 Å². The van der Waals surface area contributed by atoms with Crippen LogP contribution in [-0.4, -0.2) is 17.9 Å². The summed E-state index contributed by atoms with van der Waals surface area (Å²) >= 11 is 15.8. The van der Waals surface area contributed by atoms with Crippen LogP contribution in [0.4, 0.5) is 11.4 Å². The Morgan fingerprint density at radius 3 is 2.28 bits per heavy atom. The first-order chi connectivity index (χ1) is 17.4. The van der Waals surface area contributed by atoms with Gasteiger partial charge in [-0.25, -0.2) is 9.96 Å². The minimum absolute atomic E-state index is 0.349. The highest BCUT2D eigenvalue weighted by Crippen LogP contribution is 2.48. The maximum Gasteiger partial charge on any atom is 0.266 e. The van der Waals surface area contributed by atoms with Crippen molar-refractivity contribution in [2.45, 2.75) is 12.1 Å². The van der Waals surface area contributed by atoms with Crippen LogP contribution in [0.5, 0.6) is 0 Å². The summed E-state index contributed by atoms with van der Waals surface area (Å²) in [6.07, 6.45) is -0.987. The molecule has 2 aliphatic heterocycles. The lowest BCUT2D eigenvalue weighted by molar-refractivity contribution is -0.126. The van der Waals surface area contributed by atoms with E-state index in [9.17, 15) is 9.59 Å². The van der Waals surface area contributed by atoms with Crippen molar-refractivity contribution in [3.8, 4) is 11.3 Å². The number of imide groups is 1. The van der Waals surface area contributed by atoms with Gasteiger partial charge in [-0.15, -0.1) is 0 Å². The maximum atomic E-state index is 13.7. The van der Waals surface area contributed by atoms with Gasteiger partial charge >= 0.3 is 0 Å². The second-order valence-electron chi connectivity index (χ2n) is 8.47. The molecule has 3 aromatic carbocycles. The summed E-state index contributed by atoms with van der Waals surface area (Å²) in [4.78, 5) is 34.5. The number of anilines is 2. The number of halogens is 3. The minimum atomic E-state index is -0.987. The van der Waals surface area contributed by atoms with E-state index in [4.69, 9.17) is 32.5 Å². The number of para-hydroxylation sites is 1. The first-order valence-corrected chi connectivity index (χ1v) is 12.7. The molecule has 0 N–H and O–H groups in total. The van der Waals surface area contributed by atoms with Crippen LogP contribution in [0.25, 0.3) is 11.3 Å². The molecule has 3 atom stereocenters. The lowest BCUT2D eigenvalue weighted by atomic mass is 9.94. The Morgan fingerprint density at radius 2 is 1.56 bits per heavy atom. The number of carbonyl (C=O) groups is 2. The zero-order valence-electron chi connectivity index (χ0n) is 18.5. The van der Waals surface area contributed by atoms with E-state index in [1.54, 1.807) is 59.7 Å². The molecule has 6 rings (SSSR count). The number of furan rings is 1. The number of hydroxylamine groups is 1. The predicted octanol–water partition coefficient (Wildman–Crippen LogP) is 7.07. The molecule has 0 saturated carbocycles. The molecule has 9 heteroatoms. The molecule has 2 fully saturated rings. The Labute approximate surface area is 225 Å². The average molecular weight is 584 g/mol. The normalized spacial score (nSPS) is 21.4. The van der Waals surface area contributed by atoms with E-state index in [1.807, 2.05) is 30.3 Å². The molecule has 2 aliphatic rings. The van der Waals surface area contributed by atoms with E-state index in [0.717, 1.165) is 4.47 Å². The highest BCUT2D eigenvalue weighted by atomic mass is 79.9. The summed E-state index contributed by atoms with van der Waals surface area (Å²) in [5.41, 5.74) is 1.86. The maximum absolute atomic E-state index is 13.7. The summed E-state index contributed by atoms with van der Waals surface area (Å²) in [5, 5.41) is 2.55. The summed E-state index contributed by atoms with van der Waals surface area (Å²) in [6, 6.07) is 24.4. The minimum Gasteiger partial charge on any atom is -0.459 e. The van der Waals surface area contributed by atoms with Gasteiger partial charge in [-0.3, -0.25) is 14.4 Å². The van der Waals surface area contributed by atoms with Crippen molar-refractivity contribution >= 4 is 62.3 Å². The number of nitrogens with zero attached hydrogens (tertiary/aromatic N) is 2. The fraction of sp³-hybridized carbons (Fsp3) is 0.111. The summed E-state index contributed by atoms with van der Waals surface area (Å²) in [6.45, 7) is 0. The molecule has 2 saturated heterocycles. The third-order valence-corrected chi connectivity index (χ3v) is 7.40. The fourth-order valence-electron chi connectivity index (χ4n) is 4.69. The monoisotopic (exact) mass is 582 g/mol. The number of carbonyl (C=O) groups excluding carboxylic acids is 2. The number of amides is 2. The van der Waals surface area contributed by atoms with E-state index in [-0.39, 0.29) is 5.91 Å². The van der Waals surface area contributed by atoms with Crippen LogP contribution in [0.1, 0.15) is 11.8 Å². The van der Waals surface area contributed by atoms with Crippen molar-refractivity contribution in [2.24, 2.45) is 5.92 Å². The lowest BCUT2D eigenvalue weighted by Crippen LogP contribution is -2.37. The molecule has 3 heterocycles. The fourth-order valence-corrected chi connectivity index (χ4v) is 5.46. The zero-order valence-corrected chi connectivity index (χ0v) is 21.6. The Morgan fingerprint density at radius 1 is 0.806 bits per heavy atom. The van der Waals surface area contributed by atoms with Gasteiger partial charge in [0.1, 0.15) is 23.5 Å². The lowest BCUT2D eigenvalue weighted by Gasteiger charge is -2.27. The second kappa shape index (κ2) is 9.09. The van der Waals surface area contributed by atoms with Crippen LogP contribution in [0.15, 0.2) is 93.8 Å². The van der Waals surface area contributed by atoms with Crippen LogP contribution in [0, 0.1) is 5.92 Å². The molecule has 0 aliphatic carbocycles. The van der Waals surface area contributed by atoms with Gasteiger partial charge in [0.15, 0.2) is 6.10 Å². The molecule has 0 bridgehead atoms. The Kier molecular flexibility index (Phi) is 5.88. The first kappa shape index (κ1) is 23.3. The molecule has 2 amide bonds. The quantitative estimate of drug-likeness (QED) is 0.240. The largest absolute Gasteiger partial charge is 0.459 e. The first-order valence-electron chi connectivity index (χ1n) is 11.1. The molecule has 4 aromatic rings. The van der Waals surface area contributed by atoms with Gasteiger partial charge in [-0.1, -0.05) is 57.3 Å². The van der Waals surface area contributed by atoms with Crippen molar-refractivity contribution in [3.05, 3.63) is 105 Å². The van der Waals surface area contributed by atoms with Gasteiger partial charge in [0.2, 0.25) is 5.91 Å². The van der Waals surface area contributed by atoms with E-state index >= 15 is 0 Å². The van der Waals surface area contributed by atoms with Crippen molar-refractivity contribution in [1.82, 2.24) is 0 Å². The Hall–Kier alpha value is -3.10. The van der Waals surface area contributed by atoms with E-state index in [0.29, 0.717) is 38.5 Å². The smallest absolute Gasteiger partial charge is 0.266 e. The van der Waals surface area contributed by atoms with Crippen LogP contribution in [-0.2, 0) is 14.4 Å². The van der Waals surface area contributed by atoms with Gasteiger partial charge in [-0.05, 0) is 66.7 Å². The SMILES string of the molecule is O=C1[C@@H]2[C@@H](c3ccc(-c4ccc(Cl)cc4Cl)o3)N(c3ccccc3)O[C@H]2C(=O)N1c1ccc(Br)cc1. The number of hydrogen-bond acceptors (Lipinski definition) is 5. The molecule has 1 aromatic heterocycles. The van der Waals surface area contributed by atoms with Gasteiger partial charge in [0, 0.05) is 15.1 Å². The Balaban J connectivity index is 1.42. The molecule has 180 valence electrons. The standard InChI is InChI=1S/C27H17BrCl2N2O4/c28-15-6-9-17(10-7-15)31-26(33)23-24(32(36-25(23)27(31)34)18-4-2-1-3-5-18)22-13-12-21(35-22)19-11-8-16(29)14-20(19)30/h1-14,23-25H/t23-,24-,25-/m1/s1. The Bertz CT molecular complexity index is 1470. The molecular formula is C27H17BrCl2N2O4. The third-order valence-electron chi connectivity index (χ3n) is 6.33. The van der Waals surface area contributed by atoms with Crippen molar-refractivity contribution in [3.63, 3.8) is 0 Å². The predicted molar refractivity (Wildman–Crippen MR) is 141 cm³/mol. The van der Waals surface area contributed by atoms with Crippen molar-refractivity contribution < 1.29 is 18.8 Å². The van der Waals surface area contributed by atoms with E-state index in [1.165, 1.54) is 4.90 Å². The number of benzene rings is 3. The molecule has 0 spiro atoms. The van der Waals surface area contributed by atoms with Crippen molar-refractivity contribution in [2.75, 3.05) is 9.96 Å². The number of hydrogen-bond donors (Lipinski definition) is 0. The van der Waals surface area contributed by atoms with E-state index < -0.39 is 24.0 Å². The third kappa shape index (κ3) is 3.83. The summed E-state index contributed by atoms with van der Waals surface area (Å²) < 4.78 is 7.08. The number of rotatable bonds is 4. The molecule has 0 unspecified atom stereocenters. The van der Waals surface area contributed by atoms with Crippen LogP contribution in [0.2, 0.25) is 10.0 Å². The van der Waals surface area contributed by atoms with E-state index in [2.05, 4.69) is 15.9 Å². The highest BCUT2D eigenvalue weighted by Gasteiger charge is 2.61. The second-order valence-corrected chi connectivity index (χ2v) is 10.2. The molecule has 0 radical (unpaired) electrons. The molecular weight excluding hydrogens is 567 g/mol.